The van der Waals surface area contributed by atoms with E-state index in [4.69, 9.17) is 0 Å². The van der Waals surface area contributed by atoms with Crippen LogP contribution in [0.2, 0.25) is 0 Å². The van der Waals surface area contributed by atoms with E-state index in [2.05, 4.69) is 24.5 Å². The van der Waals surface area contributed by atoms with Gasteiger partial charge in [0.05, 0.1) is 0 Å². The van der Waals surface area contributed by atoms with Gasteiger partial charge in [-0.05, 0) is 45.6 Å². The number of hydrogen-bond acceptors (Lipinski definition) is 2. The summed E-state index contributed by atoms with van der Waals surface area (Å²) in [6, 6.07) is 0.693. The summed E-state index contributed by atoms with van der Waals surface area (Å²) in [6.45, 7) is 6.98. The van der Waals surface area contributed by atoms with E-state index in [1.807, 2.05) is 0 Å². The van der Waals surface area contributed by atoms with Crippen molar-refractivity contribution in [2.45, 2.75) is 44.7 Å². The average molecular weight is 168 g/mol. The third-order valence-corrected chi connectivity index (χ3v) is 3.40. The third-order valence-electron chi connectivity index (χ3n) is 3.40. The maximum atomic E-state index is 3.69. The minimum Gasteiger partial charge on any atom is -0.312 e. The Balaban J connectivity index is 1.96. The summed E-state index contributed by atoms with van der Waals surface area (Å²) in [5.74, 6) is 0.940. The Morgan fingerprint density at radius 3 is 2.67 bits per heavy atom. The van der Waals surface area contributed by atoms with E-state index in [1.54, 1.807) is 0 Å². The molecule has 2 aliphatic rings. The first kappa shape index (κ1) is 8.52. The lowest BCUT2D eigenvalue weighted by Crippen LogP contribution is -2.50. The van der Waals surface area contributed by atoms with Crippen molar-refractivity contribution in [3.8, 4) is 0 Å². The molecule has 12 heavy (non-hydrogen) atoms. The Morgan fingerprint density at radius 1 is 1.25 bits per heavy atom. The maximum Gasteiger partial charge on any atom is 0.0306 e. The van der Waals surface area contributed by atoms with E-state index in [9.17, 15) is 0 Å². The van der Waals surface area contributed by atoms with Gasteiger partial charge in [0.2, 0.25) is 0 Å². The fraction of sp³-hybridized carbons (Fsp3) is 1.00. The molecule has 2 atom stereocenters. The zero-order valence-corrected chi connectivity index (χ0v) is 8.19. The highest BCUT2D eigenvalue weighted by molar-refractivity contribution is 5.00. The minimum absolute atomic E-state index is 0.394. The maximum absolute atomic E-state index is 3.69. The van der Waals surface area contributed by atoms with E-state index < -0.39 is 0 Å². The average Bonchev–Trinajstić information content (AvgIpc) is 2.80. The van der Waals surface area contributed by atoms with Gasteiger partial charge in [0.1, 0.15) is 0 Å². The topological polar surface area (TPSA) is 24.1 Å². The van der Waals surface area contributed by atoms with E-state index in [-0.39, 0.29) is 0 Å². The van der Waals surface area contributed by atoms with Crippen LogP contribution in [0.1, 0.15) is 33.1 Å². The van der Waals surface area contributed by atoms with Gasteiger partial charge in [0, 0.05) is 18.1 Å². The summed E-state index contributed by atoms with van der Waals surface area (Å²) in [6.07, 6.45) is 4.13. The molecule has 1 saturated carbocycles. The van der Waals surface area contributed by atoms with Gasteiger partial charge in [-0.3, -0.25) is 0 Å². The zero-order chi connectivity index (χ0) is 8.60. The molecule has 2 nitrogen and oxygen atoms in total. The summed E-state index contributed by atoms with van der Waals surface area (Å²) >= 11 is 0. The van der Waals surface area contributed by atoms with Crippen molar-refractivity contribution < 1.29 is 0 Å². The van der Waals surface area contributed by atoms with Crippen molar-refractivity contribution in [2.75, 3.05) is 13.1 Å². The van der Waals surface area contributed by atoms with E-state index in [1.165, 1.54) is 25.8 Å². The van der Waals surface area contributed by atoms with Crippen molar-refractivity contribution in [3.63, 3.8) is 0 Å². The quantitative estimate of drug-likeness (QED) is 0.613. The molecule has 0 aromatic rings. The molecule has 1 saturated heterocycles. The monoisotopic (exact) mass is 168 g/mol. The van der Waals surface area contributed by atoms with Crippen LogP contribution in [0.3, 0.4) is 0 Å². The van der Waals surface area contributed by atoms with Gasteiger partial charge in [0.15, 0.2) is 0 Å². The SMILES string of the molecule is CC1CCNC(C)(C2CC2)CN1. The molecule has 2 N–H and O–H groups in total. The Bertz CT molecular complexity index is 165. The van der Waals surface area contributed by atoms with Gasteiger partial charge in [-0.25, -0.2) is 0 Å². The smallest absolute Gasteiger partial charge is 0.0306 e. The van der Waals surface area contributed by atoms with E-state index in [0.29, 0.717) is 11.6 Å². The van der Waals surface area contributed by atoms with E-state index >= 15 is 0 Å². The lowest BCUT2D eigenvalue weighted by atomic mass is 9.96. The molecule has 70 valence electrons. The van der Waals surface area contributed by atoms with Crippen LogP contribution in [0.15, 0.2) is 0 Å². The van der Waals surface area contributed by atoms with Crippen molar-refractivity contribution in [3.05, 3.63) is 0 Å². The molecule has 0 aromatic carbocycles. The normalized spacial score (nSPS) is 44.0. The summed E-state index contributed by atoms with van der Waals surface area (Å²) in [7, 11) is 0. The molecule has 0 aromatic heterocycles. The van der Waals surface area contributed by atoms with Crippen molar-refractivity contribution in [1.29, 1.82) is 0 Å². The molecule has 0 spiro atoms. The molecule has 0 radical (unpaired) electrons. The molecule has 0 bridgehead atoms. The number of nitrogens with one attached hydrogen (secondary N) is 2. The summed E-state index contributed by atoms with van der Waals surface area (Å²) in [5, 5.41) is 7.28. The van der Waals surface area contributed by atoms with Crippen LogP contribution in [0, 0.1) is 5.92 Å². The van der Waals surface area contributed by atoms with Gasteiger partial charge in [-0.15, -0.1) is 0 Å². The first-order valence-corrected chi connectivity index (χ1v) is 5.19. The highest BCUT2D eigenvalue weighted by atomic mass is 15.1. The number of hydrogen-bond donors (Lipinski definition) is 2. The lowest BCUT2D eigenvalue weighted by Gasteiger charge is -2.29. The summed E-state index contributed by atoms with van der Waals surface area (Å²) < 4.78 is 0. The predicted molar refractivity (Wildman–Crippen MR) is 51.2 cm³/mol. The zero-order valence-electron chi connectivity index (χ0n) is 8.19. The molecule has 1 heterocycles. The second-order valence-corrected chi connectivity index (χ2v) is 4.69. The molecule has 1 aliphatic heterocycles. The van der Waals surface area contributed by atoms with Crippen LogP contribution in [0.25, 0.3) is 0 Å². The molecule has 2 fully saturated rings. The Morgan fingerprint density at radius 2 is 2.00 bits per heavy atom. The third kappa shape index (κ3) is 1.64. The molecule has 1 aliphatic carbocycles. The predicted octanol–water partition coefficient (Wildman–Crippen LogP) is 1.13. The molecular formula is C10H20N2. The molecule has 2 unspecified atom stereocenters. The van der Waals surface area contributed by atoms with Crippen molar-refractivity contribution in [1.82, 2.24) is 10.6 Å². The lowest BCUT2D eigenvalue weighted by molar-refractivity contribution is 0.318. The Hall–Kier alpha value is -0.0800. The minimum atomic E-state index is 0.394. The summed E-state index contributed by atoms with van der Waals surface area (Å²) in [4.78, 5) is 0. The highest BCUT2D eigenvalue weighted by Crippen LogP contribution is 2.39. The largest absolute Gasteiger partial charge is 0.312 e. The molecule has 2 rings (SSSR count). The molecular weight excluding hydrogens is 148 g/mol. The van der Waals surface area contributed by atoms with Crippen LogP contribution >= 0.6 is 0 Å². The van der Waals surface area contributed by atoms with E-state index in [0.717, 1.165) is 12.5 Å². The number of rotatable bonds is 1. The highest BCUT2D eigenvalue weighted by Gasteiger charge is 2.41. The Labute approximate surface area is 75.1 Å². The van der Waals surface area contributed by atoms with Crippen LogP contribution in [0.4, 0.5) is 0 Å². The van der Waals surface area contributed by atoms with Crippen LogP contribution in [-0.2, 0) is 0 Å². The Kier molecular flexibility index (Phi) is 2.13. The van der Waals surface area contributed by atoms with Gasteiger partial charge in [-0.2, -0.15) is 0 Å². The van der Waals surface area contributed by atoms with Crippen LogP contribution < -0.4 is 10.6 Å². The molecule has 0 amide bonds. The second-order valence-electron chi connectivity index (χ2n) is 4.69. The van der Waals surface area contributed by atoms with Gasteiger partial charge >= 0.3 is 0 Å². The van der Waals surface area contributed by atoms with Gasteiger partial charge in [-0.1, -0.05) is 0 Å². The van der Waals surface area contributed by atoms with Crippen molar-refractivity contribution in [2.24, 2.45) is 5.92 Å². The first-order valence-electron chi connectivity index (χ1n) is 5.19. The first-order chi connectivity index (χ1) is 5.71. The summed E-state index contributed by atoms with van der Waals surface area (Å²) in [5.41, 5.74) is 0.394. The van der Waals surface area contributed by atoms with Crippen LogP contribution in [-0.4, -0.2) is 24.7 Å². The standard InChI is InChI=1S/C10H20N2/c1-8-5-6-12-10(2,7-11-8)9-3-4-9/h8-9,11-12H,3-7H2,1-2H3. The van der Waals surface area contributed by atoms with Crippen molar-refractivity contribution >= 4 is 0 Å². The molecule has 2 heteroatoms. The fourth-order valence-corrected chi connectivity index (χ4v) is 2.13. The van der Waals surface area contributed by atoms with Gasteiger partial charge in [0.25, 0.3) is 0 Å². The fourth-order valence-electron chi connectivity index (χ4n) is 2.13. The second kappa shape index (κ2) is 3.00. The van der Waals surface area contributed by atoms with Crippen LogP contribution in [0.5, 0.6) is 0 Å². The van der Waals surface area contributed by atoms with Gasteiger partial charge < -0.3 is 10.6 Å².